The molecule has 2 aliphatic heterocycles. The van der Waals surface area contributed by atoms with E-state index in [4.69, 9.17) is 4.74 Å². The van der Waals surface area contributed by atoms with Gasteiger partial charge in [0, 0.05) is 25.1 Å². The summed E-state index contributed by atoms with van der Waals surface area (Å²) in [5, 5.41) is 15.3. The second kappa shape index (κ2) is 5.45. The van der Waals surface area contributed by atoms with Crippen LogP contribution in [-0.4, -0.2) is 48.6 Å². The highest BCUT2D eigenvalue weighted by molar-refractivity contribution is 5.94. The van der Waals surface area contributed by atoms with E-state index < -0.39 is 0 Å². The second-order valence-corrected chi connectivity index (χ2v) is 6.29. The van der Waals surface area contributed by atoms with Crippen LogP contribution in [0.15, 0.2) is 6.20 Å². The number of fused-ring (bicyclic) bond motifs is 2. The largest absolute Gasteiger partial charge is 0.369 e. The lowest BCUT2D eigenvalue weighted by Gasteiger charge is -2.26. The number of nitrogens with zero attached hydrogens (tertiary/aromatic N) is 5. The zero-order chi connectivity index (χ0) is 16.0. The third kappa shape index (κ3) is 2.42. The number of aromatic amines is 1. The number of aryl methyl sites for hydroxylation is 1. The van der Waals surface area contributed by atoms with Gasteiger partial charge >= 0.3 is 0 Å². The van der Waals surface area contributed by atoms with Gasteiger partial charge < -0.3 is 9.64 Å². The maximum Gasteiger partial charge on any atom is 0.274 e. The van der Waals surface area contributed by atoms with Crippen LogP contribution in [0.5, 0.6) is 0 Å². The van der Waals surface area contributed by atoms with E-state index in [-0.39, 0.29) is 18.1 Å². The fraction of sp³-hybridized carbons (Fsp3) is 0.600. The van der Waals surface area contributed by atoms with E-state index >= 15 is 0 Å². The minimum atomic E-state index is -0.0578. The van der Waals surface area contributed by atoms with Crippen molar-refractivity contribution in [2.45, 2.75) is 52.0 Å². The summed E-state index contributed by atoms with van der Waals surface area (Å²) in [6.45, 7) is 6.02. The van der Waals surface area contributed by atoms with E-state index in [1.165, 1.54) is 0 Å². The van der Waals surface area contributed by atoms with Crippen LogP contribution in [0.25, 0.3) is 0 Å². The summed E-state index contributed by atoms with van der Waals surface area (Å²) in [5.74, 6) is -0.0292. The molecule has 2 aromatic rings. The Bertz CT molecular complexity index is 736. The standard InChI is InChI=1S/C15H20N6O2/c1-9-6-12-13(10(2)23-9)17-18-14(12)15(22)20-4-3-5-21-11(8-20)7-16-19-21/h7,9-10H,3-6,8H2,1-2H3,(H,17,18)/t9-,10+/m1/s1. The van der Waals surface area contributed by atoms with E-state index in [9.17, 15) is 4.79 Å². The van der Waals surface area contributed by atoms with Crippen molar-refractivity contribution in [3.8, 4) is 0 Å². The van der Waals surface area contributed by atoms with E-state index in [0.29, 0.717) is 25.2 Å². The van der Waals surface area contributed by atoms with Crippen LogP contribution in [0.3, 0.4) is 0 Å². The van der Waals surface area contributed by atoms with Crippen LogP contribution in [0.2, 0.25) is 0 Å². The van der Waals surface area contributed by atoms with Crippen LogP contribution in [0.1, 0.15) is 53.8 Å². The normalized spacial score (nSPS) is 24.0. The summed E-state index contributed by atoms with van der Waals surface area (Å²) < 4.78 is 7.66. The van der Waals surface area contributed by atoms with Crippen molar-refractivity contribution in [3.05, 3.63) is 28.8 Å². The lowest BCUT2D eigenvalue weighted by atomic mass is 9.99. The molecule has 0 radical (unpaired) electrons. The summed E-state index contributed by atoms with van der Waals surface area (Å²) in [5.41, 5.74) is 3.42. The quantitative estimate of drug-likeness (QED) is 0.850. The van der Waals surface area contributed by atoms with Gasteiger partial charge in [0.05, 0.1) is 36.3 Å². The first-order valence-electron chi connectivity index (χ1n) is 8.02. The Morgan fingerprint density at radius 2 is 2.26 bits per heavy atom. The highest BCUT2D eigenvalue weighted by atomic mass is 16.5. The van der Waals surface area contributed by atoms with Gasteiger partial charge in [-0.2, -0.15) is 5.10 Å². The predicted molar refractivity (Wildman–Crippen MR) is 80.6 cm³/mol. The fourth-order valence-electron chi connectivity index (χ4n) is 3.45. The molecule has 0 saturated carbocycles. The van der Waals surface area contributed by atoms with E-state index in [1.54, 1.807) is 6.20 Å². The first-order chi connectivity index (χ1) is 11.1. The van der Waals surface area contributed by atoms with Crippen LogP contribution in [0, 0.1) is 0 Å². The Morgan fingerprint density at radius 1 is 1.39 bits per heavy atom. The summed E-state index contributed by atoms with van der Waals surface area (Å²) in [6, 6.07) is 0. The summed E-state index contributed by atoms with van der Waals surface area (Å²) in [7, 11) is 0. The first-order valence-corrected chi connectivity index (χ1v) is 8.02. The van der Waals surface area contributed by atoms with Crippen molar-refractivity contribution in [2.24, 2.45) is 0 Å². The Balaban J connectivity index is 1.63. The molecule has 0 saturated heterocycles. The number of nitrogens with one attached hydrogen (secondary N) is 1. The zero-order valence-electron chi connectivity index (χ0n) is 13.3. The molecule has 0 unspecified atom stereocenters. The van der Waals surface area contributed by atoms with Gasteiger partial charge in [-0.15, -0.1) is 5.10 Å². The summed E-state index contributed by atoms with van der Waals surface area (Å²) in [6.07, 6.45) is 3.34. The predicted octanol–water partition coefficient (Wildman–Crippen LogP) is 1.07. The van der Waals surface area contributed by atoms with Crippen LogP contribution in [0.4, 0.5) is 0 Å². The molecule has 0 aromatic carbocycles. The molecule has 2 atom stereocenters. The molecule has 4 heterocycles. The highest BCUT2D eigenvalue weighted by Crippen LogP contribution is 2.30. The minimum Gasteiger partial charge on any atom is -0.369 e. The first kappa shape index (κ1) is 14.4. The number of aromatic nitrogens is 5. The lowest BCUT2D eigenvalue weighted by molar-refractivity contribution is -0.00702. The van der Waals surface area contributed by atoms with Crippen molar-refractivity contribution in [3.63, 3.8) is 0 Å². The molecular formula is C15H20N6O2. The number of carbonyl (C=O) groups excluding carboxylic acids is 1. The molecule has 2 aromatic heterocycles. The van der Waals surface area contributed by atoms with Gasteiger partial charge in [-0.05, 0) is 20.3 Å². The number of rotatable bonds is 1. The molecule has 1 N–H and O–H groups in total. The van der Waals surface area contributed by atoms with E-state index in [0.717, 1.165) is 29.9 Å². The topological polar surface area (TPSA) is 88.9 Å². The molecule has 0 bridgehead atoms. The fourth-order valence-corrected chi connectivity index (χ4v) is 3.45. The molecule has 8 heteroatoms. The Kier molecular flexibility index (Phi) is 3.41. The third-order valence-electron chi connectivity index (χ3n) is 4.57. The molecule has 122 valence electrons. The van der Waals surface area contributed by atoms with Crippen LogP contribution >= 0.6 is 0 Å². The second-order valence-electron chi connectivity index (χ2n) is 6.29. The molecule has 0 aliphatic carbocycles. The van der Waals surface area contributed by atoms with Gasteiger partial charge in [0.25, 0.3) is 5.91 Å². The van der Waals surface area contributed by atoms with Crippen molar-refractivity contribution in [1.82, 2.24) is 30.1 Å². The Morgan fingerprint density at radius 3 is 3.13 bits per heavy atom. The van der Waals surface area contributed by atoms with E-state index in [2.05, 4.69) is 20.5 Å². The lowest BCUT2D eigenvalue weighted by Crippen LogP contribution is -2.32. The summed E-state index contributed by atoms with van der Waals surface area (Å²) in [4.78, 5) is 14.8. The molecule has 2 aliphatic rings. The Hall–Kier alpha value is -2.22. The van der Waals surface area contributed by atoms with Crippen LogP contribution in [-0.2, 0) is 24.2 Å². The van der Waals surface area contributed by atoms with Crippen molar-refractivity contribution in [1.29, 1.82) is 0 Å². The number of H-pyrrole nitrogens is 1. The smallest absolute Gasteiger partial charge is 0.274 e. The number of hydrogen-bond acceptors (Lipinski definition) is 5. The Labute approximate surface area is 133 Å². The maximum atomic E-state index is 13.0. The SMILES string of the molecule is C[C@@H]1Cc2c(C(=O)N3CCCn4nncc4C3)n[nH]c2[C@H](C)O1. The minimum absolute atomic E-state index is 0.0292. The average molecular weight is 316 g/mol. The molecule has 0 fully saturated rings. The van der Waals surface area contributed by atoms with Gasteiger partial charge in [-0.1, -0.05) is 5.21 Å². The molecule has 23 heavy (non-hydrogen) atoms. The van der Waals surface area contributed by atoms with Gasteiger partial charge in [-0.3, -0.25) is 9.89 Å². The van der Waals surface area contributed by atoms with Gasteiger partial charge in [-0.25, -0.2) is 4.68 Å². The van der Waals surface area contributed by atoms with Crippen molar-refractivity contribution < 1.29 is 9.53 Å². The van der Waals surface area contributed by atoms with Crippen molar-refractivity contribution in [2.75, 3.05) is 6.54 Å². The molecule has 4 rings (SSSR count). The average Bonchev–Trinajstić information content (AvgIpc) is 3.08. The maximum absolute atomic E-state index is 13.0. The molecule has 0 spiro atoms. The summed E-state index contributed by atoms with van der Waals surface area (Å²) >= 11 is 0. The third-order valence-corrected chi connectivity index (χ3v) is 4.57. The number of carbonyl (C=O) groups is 1. The number of ether oxygens (including phenoxy) is 1. The van der Waals surface area contributed by atoms with Gasteiger partial charge in [0.1, 0.15) is 0 Å². The van der Waals surface area contributed by atoms with Gasteiger partial charge in [0.15, 0.2) is 5.69 Å². The zero-order valence-corrected chi connectivity index (χ0v) is 13.3. The molecule has 8 nitrogen and oxygen atoms in total. The molecular weight excluding hydrogens is 296 g/mol. The number of amides is 1. The number of hydrogen-bond donors (Lipinski definition) is 1. The van der Waals surface area contributed by atoms with Crippen LogP contribution < -0.4 is 0 Å². The monoisotopic (exact) mass is 316 g/mol. The van der Waals surface area contributed by atoms with E-state index in [1.807, 2.05) is 23.4 Å². The van der Waals surface area contributed by atoms with Gasteiger partial charge in [0.2, 0.25) is 0 Å². The van der Waals surface area contributed by atoms with Crippen molar-refractivity contribution >= 4 is 5.91 Å². The molecule has 1 amide bonds. The highest BCUT2D eigenvalue weighted by Gasteiger charge is 2.32.